The van der Waals surface area contributed by atoms with Crippen molar-refractivity contribution in [2.75, 3.05) is 6.26 Å². The summed E-state index contributed by atoms with van der Waals surface area (Å²) in [7, 11) is 0. The van der Waals surface area contributed by atoms with E-state index in [2.05, 4.69) is 5.10 Å². The lowest BCUT2D eigenvalue weighted by Crippen LogP contribution is -2.02. The van der Waals surface area contributed by atoms with Crippen molar-refractivity contribution in [2.45, 2.75) is 11.9 Å². The Morgan fingerprint density at radius 1 is 1.15 bits per heavy atom. The Bertz CT molecular complexity index is 775. The van der Waals surface area contributed by atoms with Gasteiger partial charge in [-0.1, -0.05) is 35.9 Å². The summed E-state index contributed by atoms with van der Waals surface area (Å²) in [4.78, 5) is 12.7. The van der Waals surface area contributed by atoms with Crippen LogP contribution in [0.25, 0.3) is 5.52 Å². The maximum absolute atomic E-state index is 12.7. The third-order valence-corrected chi connectivity index (χ3v) is 3.91. The molecule has 4 heteroatoms. The van der Waals surface area contributed by atoms with Crippen molar-refractivity contribution in [1.29, 1.82) is 0 Å². The molecular weight excluding hydrogens is 268 g/mol. The molecule has 2 aromatic heterocycles. The van der Waals surface area contributed by atoms with Crippen molar-refractivity contribution < 1.29 is 4.79 Å². The first-order valence-electron chi connectivity index (χ1n) is 6.33. The van der Waals surface area contributed by atoms with Crippen LogP contribution in [0.15, 0.2) is 53.7 Å². The summed E-state index contributed by atoms with van der Waals surface area (Å²) in [5, 5.41) is 5.22. The van der Waals surface area contributed by atoms with Crippen LogP contribution in [0, 0.1) is 6.92 Å². The highest BCUT2D eigenvalue weighted by Gasteiger charge is 2.20. The van der Waals surface area contributed by atoms with Gasteiger partial charge < -0.3 is 0 Å². The maximum Gasteiger partial charge on any atom is 0.197 e. The molecule has 3 rings (SSSR count). The molecular formula is C16H14N2OS. The van der Waals surface area contributed by atoms with Crippen molar-refractivity contribution in [3.8, 4) is 0 Å². The molecule has 0 saturated heterocycles. The number of thioether (sulfide) groups is 1. The summed E-state index contributed by atoms with van der Waals surface area (Å²) in [6.45, 7) is 2.01. The number of carbonyl (C=O) groups excluding carboxylic acids is 1. The molecule has 0 aliphatic carbocycles. The molecule has 0 aliphatic heterocycles. The van der Waals surface area contributed by atoms with Crippen LogP contribution in [0.3, 0.4) is 0 Å². The fourth-order valence-electron chi connectivity index (χ4n) is 2.18. The van der Waals surface area contributed by atoms with Gasteiger partial charge in [0.1, 0.15) is 5.03 Å². The highest BCUT2D eigenvalue weighted by molar-refractivity contribution is 7.98. The molecule has 20 heavy (non-hydrogen) atoms. The zero-order valence-corrected chi connectivity index (χ0v) is 12.1. The summed E-state index contributed by atoms with van der Waals surface area (Å²) in [5.74, 6) is 0.0237. The Morgan fingerprint density at radius 2 is 1.90 bits per heavy atom. The minimum atomic E-state index is 0.0237. The number of nitrogens with zero attached hydrogens (tertiary/aromatic N) is 2. The van der Waals surface area contributed by atoms with Gasteiger partial charge in [-0.2, -0.15) is 5.10 Å². The zero-order chi connectivity index (χ0) is 14.1. The largest absolute Gasteiger partial charge is 0.288 e. The minimum Gasteiger partial charge on any atom is -0.288 e. The maximum atomic E-state index is 12.7. The predicted octanol–water partition coefficient (Wildman–Crippen LogP) is 3.60. The number of ketones is 1. The number of aryl methyl sites for hydroxylation is 1. The number of hydrogen-bond donors (Lipinski definition) is 0. The normalized spacial score (nSPS) is 10.9. The average molecular weight is 282 g/mol. The molecule has 0 aliphatic rings. The van der Waals surface area contributed by atoms with Crippen LogP contribution in [0.4, 0.5) is 0 Å². The quantitative estimate of drug-likeness (QED) is 0.544. The van der Waals surface area contributed by atoms with E-state index in [0.29, 0.717) is 11.1 Å². The first kappa shape index (κ1) is 12.9. The molecule has 0 unspecified atom stereocenters. The monoisotopic (exact) mass is 282 g/mol. The van der Waals surface area contributed by atoms with Gasteiger partial charge in [-0.05, 0) is 25.3 Å². The van der Waals surface area contributed by atoms with Gasteiger partial charge >= 0.3 is 0 Å². The van der Waals surface area contributed by atoms with E-state index in [-0.39, 0.29) is 5.78 Å². The van der Waals surface area contributed by atoms with E-state index in [4.69, 9.17) is 0 Å². The first-order chi connectivity index (χ1) is 9.70. The van der Waals surface area contributed by atoms with E-state index in [1.807, 2.05) is 61.8 Å². The lowest BCUT2D eigenvalue weighted by molar-refractivity contribution is 0.103. The molecule has 0 saturated carbocycles. The molecule has 0 bridgehead atoms. The topological polar surface area (TPSA) is 34.4 Å². The number of benzene rings is 1. The molecule has 0 fully saturated rings. The van der Waals surface area contributed by atoms with E-state index in [1.54, 1.807) is 4.52 Å². The van der Waals surface area contributed by atoms with Gasteiger partial charge in [0.2, 0.25) is 0 Å². The number of aromatic nitrogens is 2. The van der Waals surface area contributed by atoms with E-state index >= 15 is 0 Å². The molecule has 1 aromatic carbocycles. The van der Waals surface area contributed by atoms with Crippen LogP contribution in [0.5, 0.6) is 0 Å². The van der Waals surface area contributed by atoms with Crippen molar-refractivity contribution >= 4 is 23.1 Å². The van der Waals surface area contributed by atoms with E-state index < -0.39 is 0 Å². The van der Waals surface area contributed by atoms with Gasteiger partial charge in [0, 0.05) is 11.8 Å². The summed E-state index contributed by atoms with van der Waals surface area (Å²) in [6.07, 6.45) is 3.80. The fourth-order valence-corrected chi connectivity index (χ4v) is 2.75. The highest BCUT2D eigenvalue weighted by Crippen LogP contribution is 2.26. The molecule has 0 N–H and O–H groups in total. The van der Waals surface area contributed by atoms with E-state index in [0.717, 1.165) is 16.1 Å². The third kappa shape index (κ3) is 2.12. The Balaban J connectivity index is 2.17. The molecule has 3 nitrogen and oxygen atoms in total. The smallest absolute Gasteiger partial charge is 0.197 e. The van der Waals surface area contributed by atoms with Crippen LogP contribution < -0.4 is 0 Å². The number of rotatable bonds is 3. The Kier molecular flexibility index (Phi) is 3.32. The van der Waals surface area contributed by atoms with Crippen molar-refractivity contribution in [3.05, 3.63) is 65.4 Å². The molecule has 100 valence electrons. The van der Waals surface area contributed by atoms with Crippen LogP contribution in [0.2, 0.25) is 0 Å². The highest BCUT2D eigenvalue weighted by atomic mass is 32.2. The zero-order valence-electron chi connectivity index (χ0n) is 11.3. The van der Waals surface area contributed by atoms with E-state index in [1.165, 1.54) is 11.8 Å². The molecule has 0 radical (unpaired) electrons. The molecule has 3 aromatic rings. The Hall–Kier alpha value is -2.07. The SMILES string of the molecule is CSc1nn2ccccc2c1C(=O)c1ccc(C)cc1. The lowest BCUT2D eigenvalue weighted by atomic mass is 10.0. The number of carbonyl (C=O) groups is 1. The van der Waals surface area contributed by atoms with E-state index in [9.17, 15) is 4.79 Å². The van der Waals surface area contributed by atoms with Crippen molar-refractivity contribution in [2.24, 2.45) is 0 Å². The lowest BCUT2D eigenvalue weighted by Gasteiger charge is -2.02. The average Bonchev–Trinajstić information content (AvgIpc) is 2.85. The van der Waals surface area contributed by atoms with Gasteiger partial charge in [-0.3, -0.25) is 4.79 Å². The minimum absolute atomic E-state index is 0.0237. The van der Waals surface area contributed by atoms with Crippen LogP contribution in [-0.2, 0) is 0 Å². The van der Waals surface area contributed by atoms with Gasteiger partial charge in [0.15, 0.2) is 5.78 Å². The molecule has 0 spiro atoms. The second-order valence-corrected chi connectivity index (χ2v) is 5.40. The summed E-state index contributed by atoms with van der Waals surface area (Å²) >= 11 is 1.49. The second kappa shape index (κ2) is 5.13. The number of pyridine rings is 1. The second-order valence-electron chi connectivity index (χ2n) is 4.61. The van der Waals surface area contributed by atoms with Gasteiger partial charge in [0.05, 0.1) is 11.1 Å². The number of fused-ring (bicyclic) bond motifs is 1. The summed E-state index contributed by atoms with van der Waals surface area (Å²) < 4.78 is 1.76. The number of hydrogen-bond acceptors (Lipinski definition) is 3. The van der Waals surface area contributed by atoms with Crippen LogP contribution >= 0.6 is 11.8 Å². The third-order valence-electron chi connectivity index (χ3n) is 3.24. The van der Waals surface area contributed by atoms with Gasteiger partial charge in [-0.15, -0.1) is 11.8 Å². The van der Waals surface area contributed by atoms with Gasteiger partial charge in [-0.25, -0.2) is 4.52 Å². The Morgan fingerprint density at radius 3 is 2.60 bits per heavy atom. The summed E-state index contributed by atoms with van der Waals surface area (Å²) in [6, 6.07) is 13.4. The molecule has 0 amide bonds. The molecule has 2 heterocycles. The van der Waals surface area contributed by atoms with Crippen molar-refractivity contribution in [1.82, 2.24) is 9.61 Å². The fraction of sp³-hybridized carbons (Fsp3) is 0.125. The summed E-state index contributed by atoms with van der Waals surface area (Å²) in [5.41, 5.74) is 3.38. The Labute approximate surface area is 121 Å². The standard InChI is InChI=1S/C16H14N2OS/c1-11-6-8-12(9-7-11)15(19)14-13-5-3-4-10-18(13)17-16(14)20-2/h3-10H,1-2H3. The first-order valence-corrected chi connectivity index (χ1v) is 7.56. The van der Waals surface area contributed by atoms with Gasteiger partial charge in [0.25, 0.3) is 0 Å². The van der Waals surface area contributed by atoms with Crippen LogP contribution in [0.1, 0.15) is 21.5 Å². The molecule has 0 atom stereocenters. The van der Waals surface area contributed by atoms with Crippen molar-refractivity contribution in [3.63, 3.8) is 0 Å². The van der Waals surface area contributed by atoms with Crippen LogP contribution in [-0.4, -0.2) is 21.7 Å². The predicted molar refractivity (Wildman–Crippen MR) is 81.6 cm³/mol.